The van der Waals surface area contributed by atoms with Gasteiger partial charge in [0.1, 0.15) is 0 Å². The molecule has 0 saturated carbocycles. The Morgan fingerprint density at radius 3 is 2.37 bits per heavy atom. The van der Waals surface area contributed by atoms with Crippen LogP contribution in [0.4, 0.5) is 0 Å². The molecule has 3 nitrogen and oxygen atoms in total. The third-order valence-corrected chi connectivity index (χ3v) is 3.69. The van der Waals surface area contributed by atoms with Crippen LogP contribution in [0.2, 0.25) is 0 Å². The number of benzene rings is 1. The van der Waals surface area contributed by atoms with E-state index in [0.717, 1.165) is 17.9 Å². The number of methoxy groups -OCH3 is 2. The molecule has 1 fully saturated rings. The van der Waals surface area contributed by atoms with Gasteiger partial charge in [0, 0.05) is 13.1 Å². The highest BCUT2D eigenvalue weighted by Gasteiger charge is 2.33. The molecular weight excluding hydrogens is 238 g/mol. The monoisotopic (exact) mass is 263 g/mol. The summed E-state index contributed by atoms with van der Waals surface area (Å²) in [4.78, 5) is 2.53. The van der Waals surface area contributed by atoms with Crippen molar-refractivity contribution in [2.24, 2.45) is 5.41 Å². The molecule has 0 bridgehead atoms. The lowest BCUT2D eigenvalue weighted by Gasteiger charge is -2.46. The summed E-state index contributed by atoms with van der Waals surface area (Å²) in [5.41, 5.74) is 1.85. The van der Waals surface area contributed by atoms with Crippen molar-refractivity contribution in [2.45, 2.75) is 26.7 Å². The molecule has 0 N–H and O–H groups in total. The van der Waals surface area contributed by atoms with Gasteiger partial charge in [0.25, 0.3) is 0 Å². The average molecular weight is 263 g/mol. The Hall–Kier alpha value is -1.22. The van der Waals surface area contributed by atoms with Crippen molar-refractivity contribution in [2.75, 3.05) is 33.9 Å². The molecule has 0 aliphatic carbocycles. The lowest BCUT2D eigenvalue weighted by Crippen LogP contribution is -2.52. The first-order chi connectivity index (χ1) is 9.04. The van der Waals surface area contributed by atoms with E-state index in [4.69, 9.17) is 9.47 Å². The highest BCUT2D eigenvalue weighted by Crippen LogP contribution is 2.30. The Labute approximate surface area is 116 Å². The SMILES string of the molecule is COc1ccc(CCCN2CC(C)(C)C2)cc1OC. The zero-order chi connectivity index (χ0) is 13.9. The second-order valence-electron chi connectivity index (χ2n) is 6.17. The summed E-state index contributed by atoms with van der Waals surface area (Å²) in [6.45, 7) is 8.32. The summed E-state index contributed by atoms with van der Waals surface area (Å²) >= 11 is 0. The number of hydrogen-bond acceptors (Lipinski definition) is 3. The summed E-state index contributed by atoms with van der Waals surface area (Å²) in [5, 5.41) is 0. The van der Waals surface area contributed by atoms with Gasteiger partial charge in [-0.25, -0.2) is 0 Å². The summed E-state index contributed by atoms with van der Waals surface area (Å²) in [5.74, 6) is 1.63. The molecule has 1 aromatic carbocycles. The minimum absolute atomic E-state index is 0.531. The lowest BCUT2D eigenvalue weighted by molar-refractivity contribution is 0.0306. The van der Waals surface area contributed by atoms with E-state index in [2.05, 4.69) is 30.9 Å². The minimum Gasteiger partial charge on any atom is -0.493 e. The first kappa shape index (κ1) is 14.2. The summed E-state index contributed by atoms with van der Waals surface area (Å²) < 4.78 is 10.6. The molecule has 0 spiro atoms. The molecular formula is C16H25NO2. The predicted molar refractivity (Wildman–Crippen MR) is 78.1 cm³/mol. The van der Waals surface area contributed by atoms with Crippen LogP contribution in [0.25, 0.3) is 0 Å². The van der Waals surface area contributed by atoms with E-state index in [0.29, 0.717) is 5.41 Å². The number of aryl methyl sites for hydroxylation is 1. The molecule has 1 aromatic rings. The van der Waals surface area contributed by atoms with Gasteiger partial charge in [-0.05, 0) is 42.5 Å². The molecule has 3 heteroatoms. The fourth-order valence-corrected chi connectivity index (χ4v) is 2.87. The molecule has 1 aliphatic heterocycles. The van der Waals surface area contributed by atoms with E-state index in [-0.39, 0.29) is 0 Å². The summed E-state index contributed by atoms with van der Waals surface area (Å²) in [6.07, 6.45) is 2.29. The lowest BCUT2D eigenvalue weighted by atomic mass is 9.84. The van der Waals surface area contributed by atoms with Gasteiger partial charge in [-0.1, -0.05) is 19.9 Å². The third kappa shape index (κ3) is 3.63. The summed E-state index contributed by atoms with van der Waals surface area (Å²) in [6, 6.07) is 6.20. The minimum atomic E-state index is 0.531. The normalized spacial score (nSPS) is 17.9. The fourth-order valence-electron chi connectivity index (χ4n) is 2.87. The molecule has 0 radical (unpaired) electrons. The van der Waals surface area contributed by atoms with E-state index in [1.165, 1.54) is 31.6 Å². The molecule has 0 aromatic heterocycles. The van der Waals surface area contributed by atoms with Crippen LogP contribution in [0.1, 0.15) is 25.8 Å². The van der Waals surface area contributed by atoms with Gasteiger partial charge >= 0.3 is 0 Å². The van der Waals surface area contributed by atoms with Crippen LogP contribution in [-0.2, 0) is 6.42 Å². The first-order valence-electron chi connectivity index (χ1n) is 6.97. The van der Waals surface area contributed by atoms with Gasteiger partial charge in [-0.15, -0.1) is 0 Å². The van der Waals surface area contributed by atoms with Crippen LogP contribution >= 0.6 is 0 Å². The van der Waals surface area contributed by atoms with Crippen molar-refractivity contribution in [3.05, 3.63) is 23.8 Å². The quantitative estimate of drug-likeness (QED) is 0.787. The van der Waals surface area contributed by atoms with Crippen LogP contribution in [0.15, 0.2) is 18.2 Å². The molecule has 1 aliphatic rings. The van der Waals surface area contributed by atoms with Gasteiger partial charge in [-0.2, -0.15) is 0 Å². The van der Waals surface area contributed by atoms with Crippen molar-refractivity contribution >= 4 is 0 Å². The van der Waals surface area contributed by atoms with E-state index < -0.39 is 0 Å². The smallest absolute Gasteiger partial charge is 0.160 e. The molecule has 2 rings (SSSR count). The largest absolute Gasteiger partial charge is 0.493 e. The number of likely N-dealkylation sites (tertiary alicyclic amines) is 1. The molecule has 19 heavy (non-hydrogen) atoms. The zero-order valence-corrected chi connectivity index (χ0v) is 12.5. The van der Waals surface area contributed by atoms with Gasteiger partial charge in [-0.3, -0.25) is 0 Å². The van der Waals surface area contributed by atoms with Crippen LogP contribution in [0.5, 0.6) is 11.5 Å². The Morgan fingerprint density at radius 1 is 1.11 bits per heavy atom. The Balaban J connectivity index is 1.80. The van der Waals surface area contributed by atoms with Crippen LogP contribution in [-0.4, -0.2) is 38.8 Å². The van der Waals surface area contributed by atoms with E-state index in [9.17, 15) is 0 Å². The van der Waals surface area contributed by atoms with Gasteiger partial charge in [0.15, 0.2) is 11.5 Å². The number of hydrogen-bond donors (Lipinski definition) is 0. The van der Waals surface area contributed by atoms with E-state index in [1.807, 2.05) is 6.07 Å². The van der Waals surface area contributed by atoms with Crippen molar-refractivity contribution in [3.63, 3.8) is 0 Å². The predicted octanol–water partition coefficient (Wildman–Crippen LogP) is 2.98. The molecule has 0 amide bonds. The van der Waals surface area contributed by atoms with Crippen molar-refractivity contribution in [3.8, 4) is 11.5 Å². The van der Waals surface area contributed by atoms with Crippen molar-refractivity contribution in [1.29, 1.82) is 0 Å². The van der Waals surface area contributed by atoms with Gasteiger partial charge in [0.2, 0.25) is 0 Å². The zero-order valence-electron chi connectivity index (χ0n) is 12.5. The van der Waals surface area contributed by atoms with E-state index in [1.54, 1.807) is 14.2 Å². The molecule has 1 heterocycles. The number of nitrogens with zero attached hydrogens (tertiary/aromatic N) is 1. The second-order valence-corrected chi connectivity index (χ2v) is 6.17. The molecule has 106 valence electrons. The van der Waals surface area contributed by atoms with Gasteiger partial charge in [0.05, 0.1) is 14.2 Å². The fraction of sp³-hybridized carbons (Fsp3) is 0.625. The topological polar surface area (TPSA) is 21.7 Å². The van der Waals surface area contributed by atoms with Crippen LogP contribution < -0.4 is 9.47 Å². The highest BCUT2D eigenvalue weighted by atomic mass is 16.5. The molecule has 0 atom stereocenters. The van der Waals surface area contributed by atoms with Crippen molar-refractivity contribution in [1.82, 2.24) is 4.90 Å². The summed E-state index contributed by atoms with van der Waals surface area (Å²) in [7, 11) is 3.35. The number of rotatable bonds is 6. The van der Waals surface area contributed by atoms with E-state index >= 15 is 0 Å². The number of ether oxygens (including phenoxy) is 2. The van der Waals surface area contributed by atoms with Gasteiger partial charge < -0.3 is 14.4 Å². The standard InChI is InChI=1S/C16H25NO2/c1-16(2)11-17(12-16)9-5-6-13-7-8-14(18-3)15(10-13)19-4/h7-8,10H,5-6,9,11-12H2,1-4H3. The Bertz CT molecular complexity index is 421. The Morgan fingerprint density at radius 2 is 1.79 bits per heavy atom. The first-order valence-corrected chi connectivity index (χ1v) is 6.97. The third-order valence-electron chi connectivity index (χ3n) is 3.69. The van der Waals surface area contributed by atoms with Crippen LogP contribution in [0, 0.1) is 5.41 Å². The highest BCUT2D eigenvalue weighted by molar-refractivity contribution is 5.42. The molecule has 0 unspecified atom stereocenters. The maximum absolute atomic E-state index is 5.33. The Kier molecular flexibility index (Phi) is 4.35. The van der Waals surface area contributed by atoms with Crippen molar-refractivity contribution < 1.29 is 9.47 Å². The maximum atomic E-state index is 5.33. The average Bonchev–Trinajstić information content (AvgIpc) is 2.36. The maximum Gasteiger partial charge on any atom is 0.160 e. The second kappa shape index (κ2) is 5.83. The molecule has 1 saturated heterocycles. The van der Waals surface area contributed by atoms with Crippen LogP contribution in [0.3, 0.4) is 0 Å².